The standard InChI is InChI=1S/C24H24N6O6S/c1-14(31)28(9-10-29-22(33)16-5-3-4-6-17(16)27(2)23(29)34)11-15-12-30(24(35)36-15)19-8-7-18-21(25-19)26-20(32)13-37-18/h3-8,15H,9-13H2,1-2H3,(H,25,26,32)/t15-/m1/s1. The Hall–Kier alpha value is -4.13. The highest BCUT2D eigenvalue weighted by molar-refractivity contribution is 8.00. The normalized spacial score (nSPS) is 16.9. The minimum atomic E-state index is -0.644. The Labute approximate surface area is 214 Å². The molecule has 192 valence electrons. The fourth-order valence-electron chi connectivity index (χ4n) is 4.41. The first-order valence-corrected chi connectivity index (χ1v) is 12.6. The van der Waals surface area contributed by atoms with Crippen LogP contribution >= 0.6 is 11.8 Å². The first-order chi connectivity index (χ1) is 17.7. The molecule has 0 saturated carbocycles. The highest BCUT2D eigenvalue weighted by Crippen LogP contribution is 2.32. The van der Waals surface area contributed by atoms with Gasteiger partial charge in [0.2, 0.25) is 11.8 Å². The number of pyridine rings is 1. The number of fused-ring (bicyclic) bond motifs is 2. The lowest BCUT2D eigenvalue weighted by Crippen LogP contribution is -2.44. The Bertz CT molecular complexity index is 1550. The van der Waals surface area contributed by atoms with Crippen LogP contribution in [0.5, 0.6) is 0 Å². The monoisotopic (exact) mass is 524 g/mol. The van der Waals surface area contributed by atoms with Gasteiger partial charge in [-0.2, -0.15) is 0 Å². The van der Waals surface area contributed by atoms with E-state index in [-0.39, 0.29) is 38.0 Å². The second-order valence-corrected chi connectivity index (χ2v) is 9.77. The van der Waals surface area contributed by atoms with Gasteiger partial charge in [-0.05, 0) is 24.3 Å². The van der Waals surface area contributed by atoms with Crippen molar-refractivity contribution in [3.05, 3.63) is 57.2 Å². The summed E-state index contributed by atoms with van der Waals surface area (Å²) < 4.78 is 7.98. The number of rotatable bonds is 6. The number of ether oxygens (including phenoxy) is 1. The van der Waals surface area contributed by atoms with Crippen molar-refractivity contribution >= 4 is 52.2 Å². The van der Waals surface area contributed by atoms with Gasteiger partial charge in [-0.25, -0.2) is 14.6 Å². The number of cyclic esters (lactones) is 1. The van der Waals surface area contributed by atoms with E-state index in [9.17, 15) is 24.0 Å². The van der Waals surface area contributed by atoms with Crippen molar-refractivity contribution in [2.45, 2.75) is 24.5 Å². The van der Waals surface area contributed by atoms with Gasteiger partial charge in [-0.3, -0.25) is 28.4 Å². The third-order valence-electron chi connectivity index (χ3n) is 6.33. The third-order valence-corrected chi connectivity index (χ3v) is 7.38. The number of hydrogen-bond acceptors (Lipinski definition) is 8. The highest BCUT2D eigenvalue weighted by atomic mass is 32.2. The average Bonchev–Trinajstić information content (AvgIpc) is 3.25. The Morgan fingerprint density at radius 3 is 2.76 bits per heavy atom. The summed E-state index contributed by atoms with van der Waals surface area (Å²) in [4.78, 5) is 70.4. The number of aromatic nitrogens is 3. The number of carbonyl (C=O) groups excluding carboxylic acids is 3. The van der Waals surface area contributed by atoms with Crippen molar-refractivity contribution in [2.75, 3.05) is 35.6 Å². The molecule has 4 heterocycles. The number of amides is 3. The van der Waals surface area contributed by atoms with Gasteiger partial charge in [-0.15, -0.1) is 11.8 Å². The number of nitrogens with zero attached hydrogens (tertiary/aromatic N) is 5. The SMILES string of the molecule is CC(=O)N(CCn1c(=O)c2ccccc2n(C)c1=O)C[C@@H]1CN(c2ccc3c(n2)NC(=O)CS3)C(=O)O1. The van der Waals surface area contributed by atoms with E-state index < -0.39 is 23.4 Å². The molecule has 13 heteroatoms. The molecule has 1 N–H and O–H groups in total. The molecule has 0 spiro atoms. The molecule has 3 aromatic rings. The summed E-state index contributed by atoms with van der Waals surface area (Å²) >= 11 is 1.37. The number of carbonyl (C=O) groups is 3. The van der Waals surface area contributed by atoms with Crippen molar-refractivity contribution in [1.29, 1.82) is 0 Å². The minimum Gasteiger partial charge on any atom is -0.442 e. The van der Waals surface area contributed by atoms with Crippen molar-refractivity contribution in [3.63, 3.8) is 0 Å². The average molecular weight is 525 g/mol. The Kier molecular flexibility index (Phi) is 6.46. The zero-order valence-corrected chi connectivity index (χ0v) is 21.0. The molecule has 0 radical (unpaired) electrons. The quantitative estimate of drug-likeness (QED) is 0.505. The summed E-state index contributed by atoms with van der Waals surface area (Å²) in [6, 6.07) is 10.3. The number of thioether (sulfide) groups is 1. The Balaban J connectivity index is 1.30. The number of nitrogens with one attached hydrogen (secondary N) is 1. The van der Waals surface area contributed by atoms with Crippen molar-refractivity contribution in [3.8, 4) is 0 Å². The minimum absolute atomic E-state index is 0.00988. The summed E-state index contributed by atoms with van der Waals surface area (Å²) in [5, 5.41) is 3.10. The van der Waals surface area contributed by atoms with Crippen LogP contribution in [0.15, 0.2) is 50.9 Å². The van der Waals surface area contributed by atoms with Gasteiger partial charge >= 0.3 is 11.8 Å². The van der Waals surface area contributed by atoms with Gasteiger partial charge in [0.15, 0.2) is 0 Å². The topological polar surface area (TPSA) is 136 Å². The number of aryl methyl sites for hydroxylation is 1. The lowest BCUT2D eigenvalue weighted by Gasteiger charge is -2.24. The van der Waals surface area contributed by atoms with Crippen LogP contribution < -0.4 is 21.5 Å². The van der Waals surface area contributed by atoms with E-state index in [4.69, 9.17) is 4.74 Å². The molecule has 0 aliphatic carbocycles. The van der Waals surface area contributed by atoms with E-state index in [1.807, 2.05) is 0 Å². The van der Waals surface area contributed by atoms with Gasteiger partial charge in [0.05, 0.1) is 34.6 Å². The molecule has 2 aliphatic rings. The van der Waals surface area contributed by atoms with E-state index in [1.54, 1.807) is 43.4 Å². The molecule has 3 amide bonds. The zero-order chi connectivity index (χ0) is 26.3. The molecule has 1 aromatic carbocycles. The fourth-order valence-corrected chi connectivity index (χ4v) is 5.17. The van der Waals surface area contributed by atoms with E-state index in [0.717, 1.165) is 9.46 Å². The highest BCUT2D eigenvalue weighted by Gasteiger charge is 2.35. The van der Waals surface area contributed by atoms with Crippen LogP contribution in [-0.4, -0.2) is 68.4 Å². The van der Waals surface area contributed by atoms with Crippen molar-refractivity contribution in [2.24, 2.45) is 7.05 Å². The molecule has 1 fully saturated rings. The molecule has 1 saturated heterocycles. The summed E-state index contributed by atoms with van der Waals surface area (Å²) in [5.41, 5.74) is -0.372. The third kappa shape index (κ3) is 4.69. The van der Waals surface area contributed by atoms with Gasteiger partial charge in [-0.1, -0.05) is 12.1 Å². The van der Waals surface area contributed by atoms with Gasteiger partial charge < -0.3 is 15.0 Å². The van der Waals surface area contributed by atoms with Crippen LogP contribution in [0, 0.1) is 0 Å². The first kappa shape index (κ1) is 24.6. The lowest BCUT2D eigenvalue weighted by molar-refractivity contribution is -0.130. The molecule has 37 heavy (non-hydrogen) atoms. The summed E-state index contributed by atoms with van der Waals surface area (Å²) in [6.07, 6.45) is -1.26. The van der Waals surface area contributed by atoms with Gasteiger partial charge in [0.25, 0.3) is 5.56 Å². The van der Waals surface area contributed by atoms with Crippen LogP contribution in [0.4, 0.5) is 16.4 Å². The summed E-state index contributed by atoms with van der Waals surface area (Å²) in [6.45, 7) is 1.67. The molecular weight excluding hydrogens is 500 g/mol. The largest absolute Gasteiger partial charge is 0.442 e. The number of benzene rings is 1. The summed E-state index contributed by atoms with van der Waals surface area (Å²) in [7, 11) is 1.59. The van der Waals surface area contributed by atoms with E-state index in [1.165, 1.54) is 33.1 Å². The maximum Gasteiger partial charge on any atom is 0.416 e. The molecule has 2 aliphatic heterocycles. The second-order valence-electron chi connectivity index (χ2n) is 8.75. The molecule has 0 bridgehead atoms. The summed E-state index contributed by atoms with van der Waals surface area (Å²) in [5.74, 6) is 0.575. The van der Waals surface area contributed by atoms with E-state index >= 15 is 0 Å². The molecule has 12 nitrogen and oxygen atoms in total. The van der Waals surface area contributed by atoms with Crippen LogP contribution in [0.3, 0.4) is 0 Å². The molecule has 1 atom stereocenters. The molecule has 5 rings (SSSR count). The van der Waals surface area contributed by atoms with Gasteiger partial charge in [0.1, 0.15) is 17.7 Å². The van der Waals surface area contributed by atoms with Crippen LogP contribution in [-0.2, 0) is 27.9 Å². The van der Waals surface area contributed by atoms with E-state index in [0.29, 0.717) is 28.3 Å². The number of hydrogen-bond donors (Lipinski definition) is 1. The maximum absolute atomic E-state index is 12.9. The smallest absolute Gasteiger partial charge is 0.416 e. The zero-order valence-electron chi connectivity index (χ0n) is 20.2. The van der Waals surface area contributed by atoms with Crippen molar-refractivity contribution in [1.82, 2.24) is 19.0 Å². The Morgan fingerprint density at radius 2 is 1.97 bits per heavy atom. The predicted molar refractivity (Wildman–Crippen MR) is 137 cm³/mol. The first-order valence-electron chi connectivity index (χ1n) is 11.6. The molecule has 0 unspecified atom stereocenters. The van der Waals surface area contributed by atoms with Crippen LogP contribution in [0.25, 0.3) is 10.9 Å². The van der Waals surface area contributed by atoms with Gasteiger partial charge in [0, 0.05) is 27.1 Å². The number of anilines is 2. The maximum atomic E-state index is 12.9. The molecular formula is C24H24N6O6S. The predicted octanol–water partition coefficient (Wildman–Crippen LogP) is 1.01. The lowest BCUT2D eigenvalue weighted by atomic mass is 10.2. The van der Waals surface area contributed by atoms with Crippen molar-refractivity contribution < 1.29 is 19.1 Å². The fraction of sp³-hybridized carbons (Fsp3) is 0.333. The molecule has 2 aromatic heterocycles. The second kappa shape index (κ2) is 9.73. The van der Waals surface area contributed by atoms with Crippen LogP contribution in [0.2, 0.25) is 0 Å². The number of para-hydroxylation sites is 1. The van der Waals surface area contributed by atoms with E-state index in [2.05, 4.69) is 10.3 Å². The van der Waals surface area contributed by atoms with Crippen LogP contribution in [0.1, 0.15) is 6.92 Å². The Morgan fingerprint density at radius 1 is 1.19 bits per heavy atom.